The second kappa shape index (κ2) is 7.73. The van der Waals surface area contributed by atoms with Crippen LogP contribution in [0.4, 0.5) is 0 Å². The first-order chi connectivity index (χ1) is 10.6. The van der Waals surface area contributed by atoms with E-state index in [1.54, 1.807) is 6.92 Å². The maximum absolute atomic E-state index is 11.0. The van der Waals surface area contributed by atoms with E-state index in [2.05, 4.69) is 29.6 Å². The van der Waals surface area contributed by atoms with Gasteiger partial charge in [-0.1, -0.05) is 54.6 Å². The van der Waals surface area contributed by atoms with Crippen LogP contribution in [0.15, 0.2) is 54.6 Å². The molecule has 2 unspecified atom stereocenters. The molecule has 0 saturated carbocycles. The molecular formula is C18H22N2O2. The molecule has 0 fully saturated rings. The Kier molecular flexibility index (Phi) is 5.69. The number of amides is 1. The summed E-state index contributed by atoms with van der Waals surface area (Å²) in [5, 5.41) is 3.04. The number of carbonyl (C=O) groups is 1. The third-order valence-electron chi connectivity index (χ3n) is 3.48. The molecule has 2 atom stereocenters. The second-order valence-corrected chi connectivity index (χ2v) is 5.11. The highest BCUT2D eigenvalue weighted by Gasteiger charge is 2.16. The Morgan fingerprint density at radius 3 is 2.00 bits per heavy atom. The minimum Gasteiger partial charge on any atom is -0.368 e. The van der Waals surface area contributed by atoms with Crippen LogP contribution in [-0.2, 0) is 9.53 Å². The van der Waals surface area contributed by atoms with Gasteiger partial charge in [-0.05, 0) is 30.5 Å². The van der Waals surface area contributed by atoms with E-state index in [1.165, 1.54) is 11.1 Å². The largest absolute Gasteiger partial charge is 0.368 e. The number of ether oxygens (including phenoxy) is 1. The molecule has 116 valence electrons. The Labute approximate surface area is 131 Å². The summed E-state index contributed by atoms with van der Waals surface area (Å²) < 4.78 is 5.53. The molecule has 0 aliphatic heterocycles. The summed E-state index contributed by atoms with van der Waals surface area (Å²) in [6.07, 6.45) is -0.298. The monoisotopic (exact) mass is 298 g/mol. The zero-order valence-corrected chi connectivity index (χ0v) is 13.0. The molecule has 4 heteroatoms. The first-order valence-electron chi connectivity index (χ1n) is 7.44. The average molecular weight is 298 g/mol. The fourth-order valence-corrected chi connectivity index (χ4v) is 2.01. The normalized spacial score (nSPS) is 13.5. The van der Waals surface area contributed by atoms with E-state index >= 15 is 0 Å². The van der Waals surface area contributed by atoms with Crippen LogP contribution in [0, 0.1) is 0 Å². The highest BCUT2D eigenvalue weighted by molar-refractivity contribution is 5.79. The molecule has 0 spiro atoms. The Bertz CT molecular complexity index is 575. The van der Waals surface area contributed by atoms with E-state index in [0.717, 1.165) is 5.56 Å². The number of rotatable bonds is 6. The maximum Gasteiger partial charge on any atom is 0.234 e. The second-order valence-electron chi connectivity index (χ2n) is 5.11. The van der Waals surface area contributed by atoms with Crippen molar-refractivity contribution in [3.63, 3.8) is 0 Å². The van der Waals surface area contributed by atoms with Crippen molar-refractivity contribution in [1.82, 2.24) is 5.32 Å². The lowest BCUT2D eigenvalue weighted by Crippen LogP contribution is -2.41. The van der Waals surface area contributed by atoms with Crippen molar-refractivity contribution in [2.45, 2.75) is 26.1 Å². The van der Waals surface area contributed by atoms with Gasteiger partial charge in [0.05, 0.1) is 6.04 Å². The van der Waals surface area contributed by atoms with Gasteiger partial charge < -0.3 is 10.5 Å². The smallest absolute Gasteiger partial charge is 0.234 e. The van der Waals surface area contributed by atoms with Crippen molar-refractivity contribution in [3.8, 4) is 11.1 Å². The standard InChI is InChI=1S/C12H18N2O2.C6H4/c1-3-16-12(14-9(2)11(13)15)10-7-5-4-6-8-10;1-2-6-4-3-5(1)6/h4-9,12,14H,3H2,1-2H3,(H2,13,15);1-4H. The fraction of sp³-hybridized carbons (Fsp3) is 0.278. The molecule has 2 aliphatic carbocycles. The van der Waals surface area contributed by atoms with Crippen LogP contribution in [0.2, 0.25) is 0 Å². The fourth-order valence-electron chi connectivity index (χ4n) is 2.01. The molecule has 1 aromatic carbocycles. The predicted molar refractivity (Wildman–Crippen MR) is 88.0 cm³/mol. The molecule has 3 rings (SSSR count). The van der Waals surface area contributed by atoms with Gasteiger partial charge in [-0.3, -0.25) is 10.1 Å². The number of nitrogens with one attached hydrogen (secondary N) is 1. The molecular weight excluding hydrogens is 276 g/mol. The number of carbonyl (C=O) groups excluding carboxylic acids is 1. The summed E-state index contributed by atoms with van der Waals surface area (Å²) in [5.41, 5.74) is 9.04. The molecule has 3 N–H and O–H groups in total. The topological polar surface area (TPSA) is 64.3 Å². The Morgan fingerprint density at radius 1 is 1.09 bits per heavy atom. The summed E-state index contributed by atoms with van der Waals surface area (Å²) in [4.78, 5) is 11.0. The van der Waals surface area contributed by atoms with Crippen molar-refractivity contribution < 1.29 is 9.53 Å². The van der Waals surface area contributed by atoms with E-state index in [1.807, 2.05) is 37.3 Å². The number of primary amides is 1. The quantitative estimate of drug-likeness (QED) is 0.688. The van der Waals surface area contributed by atoms with Crippen molar-refractivity contribution in [1.29, 1.82) is 0 Å². The van der Waals surface area contributed by atoms with Crippen LogP contribution in [0.5, 0.6) is 0 Å². The van der Waals surface area contributed by atoms with E-state index in [4.69, 9.17) is 10.5 Å². The number of hydrogen-bond donors (Lipinski definition) is 2. The third-order valence-corrected chi connectivity index (χ3v) is 3.48. The lowest BCUT2D eigenvalue weighted by molar-refractivity contribution is -0.121. The van der Waals surface area contributed by atoms with Gasteiger partial charge in [0.2, 0.25) is 5.91 Å². The highest BCUT2D eigenvalue weighted by atomic mass is 16.5. The molecule has 1 aromatic rings. The molecule has 0 bridgehead atoms. The summed E-state index contributed by atoms with van der Waals surface area (Å²) in [6, 6.07) is 17.7. The zero-order valence-electron chi connectivity index (χ0n) is 13.0. The van der Waals surface area contributed by atoms with Gasteiger partial charge in [-0.2, -0.15) is 0 Å². The van der Waals surface area contributed by atoms with Crippen LogP contribution in [0.1, 0.15) is 25.6 Å². The molecule has 0 heterocycles. The minimum atomic E-state index is -0.420. The number of fused-ring (bicyclic) bond motifs is 1. The molecule has 0 aromatic heterocycles. The molecule has 4 nitrogen and oxygen atoms in total. The van der Waals surface area contributed by atoms with Gasteiger partial charge in [0.25, 0.3) is 0 Å². The van der Waals surface area contributed by atoms with Gasteiger partial charge >= 0.3 is 0 Å². The number of hydrogen-bond acceptors (Lipinski definition) is 3. The van der Waals surface area contributed by atoms with Crippen molar-refractivity contribution in [2.75, 3.05) is 6.61 Å². The lowest BCUT2D eigenvalue weighted by atomic mass is 9.95. The van der Waals surface area contributed by atoms with Gasteiger partial charge in [0, 0.05) is 6.61 Å². The summed E-state index contributed by atoms with van der Waals surface area (Å²) in [6.45, 7) is 4.20. The van der Waals surface area contributed by atoms with Crippen LogP contribution >= 0.6 is 0 Å². The van der Waals surface area contributed by atoms with Crippen LogP contribution < -0.4 is 11.1 Å². The minimum absolute atomic E-state index is 0.298. The van der Waals surface area contributed by atoms with Crippen LogP contribution in [0.25, 0.3) is 11.1 Å². The van der Waals surface area contributed by atoms with Crippen molar-refractivity contribution >= 4 is 5.91 Å². The Hall–Kier alpha value is -2.17. The van der Waals surface area contributed by atoms with Gasteiger partial charge in [-0.15, -0.1) is 0 Å². The highest BCUT2D eigenvalue weighted by Crippen LogP contribution is 2.29. The molecule has 22 heavy (non-hydrogen) atoms. The van der Waals surface area contributed by atoms with Gasteiger partial charge in [0.1, 0.15) is 6.23 Å². The Morgan fingerprint density at radius 2 is 1.64 bits per heavy atom. The average Bonchev–Trinajstić information content (AvgIpc) is 2.51. The summed E-state index contributed by atoms with van der Waals surface area (Å²) >= 11 is 0. The summed E-state index contributed by atoms with van der Waals surface area (Å²) in [5.74, 6) is -0.388. The predicted octanol–water partition coefficient (Wildman–Crippen LogP) is 2.85. The lowest BCUT2D eigenvalue weighted by Gasteiger charge is -2.21. The van der Waals surface area contributed by atoms with Crippen molar-refractivity contribution in [3.05, 3.63) is 60.2 Å². The van der Waals surface area contributed by atoms with E-state index in [-0.39, 0.29) is 12.1 Å². The maximum atomic E-state index is 11.0. The third kappa shape index (κ3) is 4.16. The van der Waals surface area contributed by atoms with E-state index < -0.39 is 6.04 Å². The number of benzene rings is 2. The molecule has 0 radical (unpaired) electrons. The summed E-state index contributed by atoms with van der Waals surface area (Å²) in [7, 11) is 0. The van der Waals surface area contributed by atoms with Crippen LogP contribution in [0.3, 0.4) is 0 Å². The first kappa shape index (κ1) is 16.2. The SMILES string of the molecule is CCOC(NC(C)C(N)=O)c1ccccc1.c1cc2ccc1-2. The van der Waals surface area contributed by atoms with Crippen LogP contribution in [-0.4, -0.2) is 18.6 Å². The number of nitrogens with two attached hydrogens (primary N) is 1. The molecule has 1 amide bonds. The van der Waals surface area contributed by atoms with Gasteiger partial charge in [0.15, 0.2) is 0 Å². The molecule has 2 aliphatic rings. The molecule has 0 saturated heterocycles. The van der Waals surface area contributed by atoms with Crippen molar-refractivity contribution in [2.24, 2.45) is 5.73 Å². The van der Waals surface area contributed by atoms with E-state index in [0.29, 0.717) is 6.61 Å². The van der Waals surface area contributed by atoms with E-state index in [9.17, 15) is 4.79 Å². The zero-order chi connectivity index (χ0) is 15.9. The first-order valence-corrected chi connectivity index (χ1v) is 7.44. The van der Waals surface area contributed by atoms with Gasteiger partial charge in [-0.25, -0.2) is 0 Å². The Balaban J connectivity index is 0.000000238.